The average molecular weight is 383 g/mol. The van der Waals surface area contributed by atoms with E-state index in [1.54, 1.807) is 4.88 Å². The Morgan fingerprint density at radius 2 is 1.85 bits per heavy atom. The summed E-state index contributed by atoms with van der Waals surface area (Å²) in [5.41, 5.74) is 2.91. The molecule has 0 saturated carbocycles. The molecule has 0 unspecified atom stereocenters. The van der Waals surface area contributed by atoms with E-state index in [-0.39, 0.29) is 0 Å². The molecule has 4 rings (SSSR count). The van der Waals surface area contributed by atoms with E-state index in [9.17, 15) is 4.79 Å². The van der Waals surface area contributed by atoms with Gasteiger partial charge < -0.3 is 4.90 Å². The molecule has 3 heterocycles. The zero-order chi connectivity index (χ0) is 18.5. The Hall–Kier alpha value is -1.65. The lowest BCUT2D eigenvalue weighted by atomic mass is 9.99. The van der Waals surface area contributed by atoms with Crippen LogP contribution in [-0.4, -0.2) is 41.4 Å². The Balaban J connectivity index is 1.16. The molecule has 1 saturated heterocycles. The van der Waals surface area contributed by atoms with Crippen molar-refractivity contribution in [3.63, 3.8) is 0 Å². The second kappa shape index (κ2) is 9.03. The van der Waals surface area contributed by atoms with Gasteiger partial charge in [-0.15, -0.1) is 11.3 Å². The maximum atomic E-state index is 12.5. The number of piperidine rings is 1. The molecule has 1 aromatic carbocycles. The maximum Gasteiger partial charge on any atom is 0.222 e. The molecule has 2 aliphatic rings. The number of thiophene rings is 1. The van der Waals surface area contributed by atoms with Crippen molar-refractivity contribution in [3.8, 4) is 0 Å². The van der Waals surface area contributed by atoms with Gasteiger partial charge in [0.1, 0.15) is 0 Å². The highest BCUT2D eigenvalue weighted by atomic mass is 32.1. The maximum absolute atomic E-state index is 12.5. The number of fused-ring (bicyclic) bond motifs is 1. The van der Waals surface area contributed by atoms with Crippen LogP contribution in [0.15, 0.2) is 41.8 Å². The van der Waals surface area contributed by atoms with Crippen LogP contribution >= 0.6 is 11.3 Å². The first-order valence-corrected chi connectivity index (χ1v) is 11.3. The number of hydrogen-bond donors (Lipinski definition) is 0. The minimum absolute atomic E-state index is 0.361. The lowest BCUT2D eigenvalue weighted by Gasteiger charge is -2.40. The van der Waals surface area contributed by atoms with Gasteiger partial charge in [-0.3, -0.25) is 9.69 Å². The third-order valence-electron chi connectivity index (χ3n) is 6.12. The molecule has 144 valence electrons. The monoisotopic (exact) mass is 382 g/mol. The van der Waals surface area contributed by atoms with Crippen molar-refractivity contribution in [2.45, 2.75) is 57.5 Å². The third-order valence-corrected chi connectivity index (χ3v) is 7.14. The normalized spacial score (nSPS) is 18.4. The Bertz CT molecular complexity index is 734. The summed E-state index contributed by atoms with van der Waals surface area (Å²) in [5, 5.41) is 2.23. The number of rotatable bonds is 6. The molecule has 0 radical (unpaired) electrons. The van der Waals surface area contributed by atoms with Crippen molar-refractivity contribution in [3.05, 3.63) is 57.8 Å². The van der Waals surface area contributed by atoms with Crippen LogP contribution in [0.2, 0.25) is 0 Å². The van der Waals surface area contributed by atoms with Gasteiger partial charge in [0.2, 0.25) is 5.91 Å². The fraction of sp³-hybridized carbons (Fsp3) is 0.522. The molecule has 0 atom stereocenters. The molecule has 0 spiro atoms. The van der Waals surface area contributed by atoms with Crippen molar-refractivity contribution in [1.82, 2.24) is 9.80 Å². The molecule has 0 bridgehead atoms. The number of unbranched alkanes of at least 4 members (excludes halogenated alkanes) is 1. The van der Waals surface area contributed by atoms with Crippen LogP contribution in [0.3, 0.4) is 0 Å². The first-order valence-electron chi connectivity index (χ1n) is 10.4. The van der Waals surface area contributed by atoms with Crippen molar-refractivity contribution >= 4 is 17.2 Å². The second-order valence-electron chi connectivity index (χ2n) is 7.89. The number of carbonyl (C=O) groups excluding carboxylic acids is 1. The fourth-order valence-electron chi connectivity index (χ4n) is 4.47. The molecule has 0 aliphatic carbocycles. The lowest BCUT2D eigenvalue weighted by molar-refractivity contribution is -0.133. The first kappa shape index (κ1) is 18.7. The van der Waals surface area contributed by atoms with Gasteiger partial charge in [0.15, 0.2) is 0 Å². The van der Waals surface area contributed by atoms with Crippen LogP contribution in [0.1, 0.15) is 48.1 Å². The van der Waals surface area contributed by atoms with Crippen LogP contribution in [-0.2, 0) is 24.2 Å². The summed E-state index contributed by atoms with van der Waals surface area (Å²) in [5.74, 6) is 0.361. The van der Waals surface area contributed by atoms with Gasteiger partial charge in [-0.05, 0) is 61.1 Å². The SMILES string of the molecule is O=C(CCCCc1ccccc1)N1CCC(N2CCc3sccc3C2)CC1. The van der Waals surface area contributed by atoms with Gasteiger partial charge in [-0.25, -0.2) is 0 Å². The van der Waals surface area contributed by atoms with Crippen LogP contribution in [0.4, 0.5) is 0 Å². The molecule has 27 heavy (non-hydrogen) atoms. The minimum atomic E-state index is 0.361. The van der Waals surface area contributed by atoms with Crippen LogP contribution in [0.5, 0.6) is 0 Å². The van der Waals surface area contributed by atoms with E-state index in [1.807, 2.05) is 11.3 Å². The van der Waals surface area contributed by atoms with Crippen LogP contribution in [0, 0.1) is 0 Å². The predicted octanol–water partition coefficient (Wildman–Crippen LogP) is 4.51. The molecule has 0 N–H and O–H groups in total. The van der Waals surface area contributed by atoms with Gasteiger partial charge in [0, 0.05) is 43.5 Å². The molecule has 1 fully saturated rings. The molecule has 2 aliphatic heterocycles. The van der Waals surface area contributed by atoms with Gasteiger partial charge >= 0.3 is 0 Å². The van der Waals surface area contributed by atoms with Gasteiger partial charge in [0.25, 0.3) is 0 Å². The minimum Gasteiger partial charge on any atom is -0.343 e. The number of aryl methyl sites for hydroxylation is 1. The van der Waals surface area contributed by atoms with Crippen LogP contribution < -0.4 is 0 Å². The first-order chi connectivity index (χ1) is 13.3. The summed E-state index contributed by atoms with van der Waals surface area (Å²) in [6.45, 7) is 4.17. The number of carbonyl (C=O) groups is 1. The average Bonchev–Trinajstić information content (AvgIpc) is 3.20. The largest absolute Gasteiger partial charge is 0.343 e. The standard InChI is InChI=1S/C23H30N2OS/c26-23(9-5-4-8-19-6-2-1-3-7-19)24-14-10-21(11-15-24)25-16-12-22-20(18-25)13-17-27-22/h1-3,6-7,13,17,21H,4-5,8-12,14-16,18H2. The van der Waals surface area contributed by atoms with E-state index in [0.717, 1.165) is 51.7 Å². The van der Waals surface area contributed by atoms with E-state index in [0.29, 0.717) is 18.4 Å². The molecule has 3 nitrogen and oxygen atoms in total. The summed E-state index contributed by atoms with van der Waals surface area (Å²) in [6.07, 6.45) is 7.36. The fourth-order valence-corrected chi connectivity index (χ4v) is 5.36. The van der Waals surface area contributed by atoms with Crippen molar-refractivity contribution < 1.29 is 4.79 Å². The summed E-state index contributed by atoms with van der Waals surface area (Å²) >= 11 is 1.91. The van der Waals surface area contributed by atoms with E-state index in [2.05, 4.69) is 51.6 Å². The Morgan fingerprint density at radius 3 is 2.67 bits per heavy atom. The van der Waals surface area contributed by atoms with Crippen LogP contribution in [0.25, 0.3) is 0 Å². The van der Waals surface area contributed by atoms with Gasteiger partial charge in [-0.1, -0.05) is 30.3 Å². The molecule has 1 amide bonds. The molecule has 2 aromatic rings. The summed E-state index contributed by atoms with van der Waals surface area (Å²) in [6, 6.07) is 13.5. The topological polar surface area (TPSA) is 23.6 Å². The highest BCUT2D eigenvalue weighted by Crippen LogP contribution is 2.28. The number of likely N-dealkylation sites (tertiary alicyclic amines) is 1. The highest BCUT2D eigenvalue weighted by Gasteiger charge is 2.29. The van der Waals surface area contributed by atoms with E-state index in [4.69, 9.17) is 0 Å². The molecule has 4 heteroatoms. The Morgan fingerprint density at radius 1 is 1.04 bits per heavy atom. The van der Waals surface area contributed by atoms with Gasteiger partial charge in [-0.2, -0.15) is 0 Å². The zero-order valence-corrected chi connectivity index (χ0v) is 16.9. The number of hydrogen-bond acceptors (Lipinski definition) is 3. The molecular weight excluding hydrogens is 352 g/mol. The number of benzene rings is 1. The summed E-state index contributed by atoms with van der Waals surface area (Å²) < 4.78 is 0. The van der Waals surface area contributed by atoms with Crippen molar-refractivity contribution in [2.75, 3.05) is 19.6 Å². The van der Waals surface area contributed by atoms with E-state index < -0.39 is 0 Å². The Labute approximate surface area is 167 Å². The zero-order valence-electron chi connectivity index (χ0n) is 16.1. The molecular formula is C23H30N2OS. The second-order valence-corrected chi connectivity index (χ2v) is 8.89. The quantitative estimate of drug-likeness (QED) is 0.686. The van der Waals surface area contributed by atoms with Crippen molar-refractivity contribution in [1.29, 1.82) is 0 Å². The number of amides is 1. The predicted molar refractivity (Wildman–Crippen MR) is 112 cm³/mol. The summed E-state index contributed by atoms with van der Waals surface area (Å²) in [4.78, 5) is 18.9. The summed E-state index contributed by atoms with van der Waals surface area (Å²) in [7, 11) is 0. The lowest BCUT2D eigenvalue weighted by Crippen LogP contribution is -2.47. The van der Waals surface area contributed by atoms with Gasteiger partial charge in [0.05, 0.1) is 0 Å². The van der Waals surface area contributed by atoms with E-state index >= 15 is 0 Å². The highest BCUT2D eigenvalue weighted by molar-refractivity contribution is 7.10. The number of nitrogens with zero attached hydrogens (tertiary/aromatic N) is 2. The smallest absolute Gasteiger partial charge is 0.222 e. The van der Waals surface area contributed by atoms with Crippen molar-refractivity contribution in [2.24, 2.45) is 0 Å². The van der Waals surface area contributed by atoms with E-state index in [1.165, 1.54) is 24.1 Å². The Kier molecular flexibility index (Phi) is 6.25. The third kappa shape index (κ3) is 4.80. The molecule has 1 aromatic heterocycles.